The van der Waals surface area contributed by atoms with Crippen molar-refractivity contribution in [3.05, 3.63) is 34.9 Å². The minimum absolute atomic E-state index is 0.101. The standard InChI is InChI=1S/C13H18ClNO/c1-9-7-15-10(2)13(16-8-9)11-4-3-5-12(14)6-11/h3-6,9-10,13,15H,7-8H2,1-2H3. The highest BCUT2D eigenvalue weighted by Crippen LogP contribution is 2.26. The van der Waals surface area contributed by atoms with E-state index >= 15 is 0 Å². The minimum atomic E-state index is 0.101. The fraction of sp³-hybridized carbons (Fsp3) is 0.538. The molecule has 3 heteroatoms. The molecule has 0 bridgehead atoms. The average Bonchev–Trinajstić information content (AvgIpc) is 2.42. The van der Waals surface area contributed by atoms with Gasteiger partial charge in [0.2, 0.25) is 0 Å². The van der Waals surface area contributed by atoms with E-state index < -0.39 is 0 Å². The highest BCUT2D eigenvalue weighted by Gasteiger charge is 2.24. The fourth-order valence-electron chi connectivity index (χ4n) is 2.03. The molecule has 88 valence electrons. The number of halogens is 1. The maximum absolute atomic E-state index is 6.01. The molecule has 1 aromatic rings. The van der Waals surface area contributed by atoms with Gasteiger partial charge in [-0.05, 0) is 30.5 Å². The first-order chi connectivity index (χ1) is 7.66. The third kappa shape index (κ3) is 2.76. The fourth-order valence-corrected chi connectivity index (χ4v) is 2.23. The third-order valence-electron chi connectivity index (χ3n) is 2.98. The van der Waals surface area contributed by atoms with E-state index in [1.165, 1.54) is 0 Å². The molecular weight excluding hydrogens is 222 g/mol. The van der Waals surface area contributed by atoms with Crippen molar-refractivity contribution in [1.82, 2.24) is 5.32 Å². The first-order valence-electron chi connectivity index (χ1n) is 5.77. The van der Waals surface area contributed by atoms with E-state index in [-0.39, 0.29) is 6.10 Å². The molecule has 0 spiro atoms. The van der Waals surface area contributed by atoms with Crippen LogP contribution in [0.3, 0.4) is 0 Å². The van der Waals surface area contributed by atoms with E-state index in [9.17, 15) is 0 Å². The largest absolute Gasteiger partial charge is 0.372 e. The molecule has 3 unspecified atom stereocenters. The molecule has 1 aliphatic heterocycles. The average molecular weight is 240 g/mol. The summed E-state index contributed by atoms with van der Waals surface area (Å²) in [7, 11) is 0. The first-order valence-corrected chi connectivity index (χ1v) is 6.15. The third-order valence-corrected chi connectivity index (χ3v) is 3.22. The lowest BCUT2D eigenvalue weighted by Gasteiger charge is -2.22. The van der Waals surface area contributed by atoms with E-state index in [2.05, 4.69) is 25.2 Å². The Labute approximate surface area is 102 Å². The van der Waals surface area contributed by atoms with Crippen molar-refractivity contribution in [3.8, 4) is 0 Å². The Kier molecular flexibility index (Phi) is 3.85. The quantitative estimate of drug-likeness (QED) is 0.814. The predicted molar refractivity (Wildman–Crippen MR) is 66.8 cm³/mol. The van der Waals surface area contributed by atoms with Crippen LogP contribution in [-0.2, 0) is 4.74 Å². The molecule has 2 rings (SSSR count). The molecule has 1 heterocycles. The van der Waals surface area contributed by atoms with Gasteiger partial charge in [-0.1, -0.05) is 30.7 Å². The zero-order valence-corrected chi connectivity index (χ0v) is 10.5. The van der Waals surface area contributed by atoms with Crippen LogP contribution in [0.25, 0.3) is 0 Å². The summed E-state index contributed by atoms with van der Waals surface area (Å²) in [6.45, 7) is 6.16. The number of rotatable bonds is 1. The Morgan fingerprint density at radius 1 is 1.38 bits per heavy atom. The molecule has 1 aliphatic rings. The molecule has 0 radical (unpaired) electrons. The van der Waals surface area contributed by atoms with Crippen LogP contribution in [-0.4, -0.2) is 19.2 Å². The lowest BCUT2D eigenvalue weighted by Crippen LogP contribution is -2.32. The molecule has 0 aromatic heterocycles. The van der Waals surface area contributed by atoms with Crippen LogP contribution in [0.1, 0.15) is 25.5 Å². The van der Waals surface area contributed by atoms with Crippen LogP contribution in [0, 0.1) is 5.92 Å². The second kappa shape index (κ2) is 5.17. The van der Waals surface area contributed by atoms with Gasteiger partial charge >= 0.3 is 0 Å². The van der Waals surface area contributed by atoms with E-state index in [1.807, 2.05) is 18.2 Å². The Balaban J connectivity index is 2.18. The molecule has 1 saturated heterocycles. The SMILES string of the molecule is CC1CNC(C)C(c2cccc(Cl)c2)OC1. The van der Waals surface area contributed by atoms with Crippen LogP contribution in [0.4, 0.5) is 0 Å². The molecule has 0 aliphatic carbocycles. The van der Waals surface area contributed by atoms with Crippen molar-refractivity contribution >= 4 is 11.6 Å². The Morgan fingerprint density at radius 3 is 2.94 bits per heavy atom. The summed E-state index contributed by atoms with van der Waals surface area (Å²) in [6.07, 6.45) is 0.101. The van der Waals surface area contributed by atoms with Gasteiger partial charge in [0.05, 0.1) is 12.7 Å². The molecule has 1 aromatic carbocycles. The summed E-state index contributed by atoms with van der Waals surface area (Å²) in [5, 5.41) is 4.26. The summed E-state index contributed by atoms with van der Waals surface area (Å²) < 4.78 is 5.95. The second-order valence-electron chi connectivity index (χ2n) is 4.61. The predicted octanol–water partition coefficient (Wildman–Crippen LogP) is 3.03. The summed E-state index contributed by atoms with van der Waals surface area (Å²) in [4.78, 5) is 0. The van der Waals surface area contributed by atoms with Gasteiger partial charge in [0.25, 0.3) is 0 Å². The topological polar surface area (TPSA) is 21.3 Å². The second-order valence-corrected chi connectivity index (χ2v) is 5.05. The van der Waals surface area contributed by atoms with Gasteiger partial charge in [-0.25, -0.2) is 0 Å². The number of hydrogen-bond donors (Lipinski definition) is 1. The smallest absolute Gasteiger partial charge is 0.0975 e. The van der Waals surface area contributed by atoms with Crippen molar-refractivity contribution in [3.63, 3.8) is 0 Å². The van der Waals surface area contributed by atoms with Gasteiger partial charge in [0.15, 0.2) is 0 Å². The molecule has 1 fully saturated rings. The summed E-state index contributed by atoms with van der Waals surface area (Å²) >= 11 is 6.01. The lowest BCUT2D eigenvalue weighted by atomic mass is 10.0. The molecule has 0 amide bonds. The number of benzene rings is 1. The van der Waals surface area contributed by atoms with E-state index in [1.54, 1.807) is 0 Å². The van der Waals surface area contributed by atoms with Gasteiger partial charge in [-0.15, -0.1) is 0 Å². The zero-order valence-electron chi connectivity index (χ0n) is 9.74. The summed E-state index contributed by atoms with van der Waals surface area (Å²) in [5.74, 6) is 0.562. The lowest BCUT2D eigenvalue weighted by molar-refractivity contribution is 0.0338. The van der Waals surface area contributed by atoms with E-state index in [0.717, 1.165) is 23.7 Å². The summed E-state index contributed by atoms with van der Waals surface area (Å²) in [5.41, 5.74) is 1.15. The van der Waals surface area contributed by atoms with Crippen molar-refractivity contribution in [2.45, 2.75) is 26.0 Å². The molecule has 3 atom stereocenters. The van der Waals surface area contributed by atoms with Crippen molar-refractivity contribution in [2.75, 3.05) is 13.2 Å². The van der Waals surface area contributed by atoms with E-state index in [4.69, 9.17) is 16.3 Å². The Hall–Kier alpha value is -0.570. The summed E-state index contributed by atoms with van der Waals surface area (Å²) in [6, 6.07) is 8.25. The first kappa shape index (κ1) is 11.9. The minimum Gasteiger partial charge on any atom is -0.372 e. The number of hydrogen-bond acceptors (Lipinski definition) is 2. The molecular formula is C13H18ClNO. The van der Waals surface area contributed by atoms with Crippen LogP contribution >= 0.6 is 11.6 Å². The van der Waals surface area contributed by atoms with E-state index in [0.29, 0.717) is 12.0 Å². The van der Waals surface area contributed by atoms with Gasteiger partial charge in [-0.2, -0.15) is 0 Å². The molecule has 1 N–H and O–H groups in total. The maximum atomic E-state index is 6.01. The van der Waals surface area contributed by atoms with Crippen LogP contribution in [0.15, 0.2) is 24.3 Å². The molecule has 16 heavy (non-hydrogen) atoms. The van der Waals surface area contributed by atoms with Gasteiger partial charge in [-0.3, -0.25) is 0 Å². The maximum Gasteiger partial charge on any atom is 0.0975 e. The van der Waals surface area contributed by atoms with Gasteiger partial charge in [0.1, 0.15) is 0 Å². The molecule has 0 saturated carbocycles. The van der Waals surface area contributed by atoms with Crippen molar-refractivity contribution in [2.24, 2.45) is 5.92 Å². The highest BCUT2D eigenvalue weighted by atomic mass is 35.5. The van der Waals surface area contributed by atoms with Crippen LogP contribution < -0.4 is 5.32 Å². The van der Waals surface area contributed by atoms with Crippen molar-refractivity contribution < 1.29 is 4.74 Å². The number of ether oxygens (including phenoxy) is 1. The van der Waals surface area contributed by atoms with Crippen LogP contribution in [0.2, 0.25) is 5.02 Å². The van der Waals surface area contributed by atoms with Crippen LogP contribution in [0.5, 0.6) is 0 Å². The monoisotopic (exact) mass is 239 g/mol. The molecule has 2 nitrogen and oxygen atoms in total. The van der Waals surface area contributed by atoms with Gasteiger partial charge in [0, 0.05) is 17.6 Å². The highest BCUT2D eigenvalue weighted by molar-refractivity contribution is 6.30. The van der Waals surface area contributed by atoms with Crippen molar-refractivity contribution in [1.29, 1.82) is 0 Å². The number of nitrogens with one attached hydrogen (secondary N) is 1. The zero-order chi connectivity index (χ0) is 11.5. The Bertz CT molecular complexity index is 356. The normalized spacial score (nSPS) is 31.1. The van der Waals surface area contributed by atoms with Gasteiger partial charge < -0.3 is 10.1 Å². The Morgan fingerprint density at radius 2 is 2.19 bits per heavy atom.